The average molecular weight is 576 g/mol. The third kappa shape index (κ3) is 3.53. The Labute approximate surface area is 206 Å². The van der Waals surface area contributed by atoms with Crippen molar-refractivity contribution < 1.29 is 7.41 Å². The van der Waals surface area contributed by atoms with Crippen molar-refractivity contribution in [2.75, 3.05) is 0 Å². The van der Waals surface area contributed by atoms with E-state index in [0.29, 0.717) is 5.75 Å². The molecule has 0 fully saturated rings. The molecule has 0 bridgehead atoms. The molecule has 5 rings (SSSR count). The summed E-state index contributed by atoms with van der Waals surface area (Å²) in [6.07, 6.45) is 0. The monoisotopic (exact) mass is 574 g/mol. The summed E-state index contributed by atoms with van der Waals surface area (Å²) in [5, 5.41) is 0.247. The third-order valence-corrected chi connectivity index (χ3v) is 22.7. The maximum atomic E-state index is 14.0. The van der Waals surface area contributed by atoms with Gasteiger partial charge in [-0.2, -0.15) is 0 Å². The topological polar surface area (TPSA) is 9.23 Å². The summed E-state index contributed by atoms with van der Waals surface area (Å²) < 4.78 is 25.9. The van der Waals surface area contributed by atoms with Crippen LogP contribution in [-0.2, 0) is 0 Å². The van der Waals surface area contributed by atoms with Crippen molar-refractivity contribution in [1.29, 1.82) is 0 Å². The van der Waals surface area contributed by atoms with Gasteiger partial charge < -0.3 is 0 Å². The van der Waals surface area contributed by atoms with E-state index in [4.69, 9.17) is 14.6 Å². The fourth-order valence-corrected chi connectivity index (χ4v) is 21.4. The molecule has 5 aromatic rings. The number of hydrogen-bond acceptors (Lipinski definition) is 1. The van der Waals surface area contributed by atoms with Crippen LogP contribution in [0.15, 0.2) is 140 Å². The Morgan fingerprint density at radius 3 is 1.18 bits per heavy atom. The summed E-state index contributed by atoms with van der Waals surface area (Å²) in [6, 6.07) is 45.9. The Balaban J connectivity index is 2.03. The van der Waals surface area contributed by atoms with E-state index in [1.165, 1.54) is 12.1 Å². The van der Waals surface area contributed by atoms with Gasteiger partial charge in [0.15, 0.2) is 0 Å². The number of benzene rings is 5. The number of hydrogen-bond donors (Lipinski definition) is 0. The van der Waals surface area contributed by atoms with Crippen LogP contribution in [-0.4, -0.2) is 17.8 Å². The van der Waals surface area contributed by atoms with Crippen molar-refractivity contribution in [2.24, 2.45) is 0 Å². The van der Waals surface area contributed by atoms with Crippen LogP contribution in [0.25, 0.3) is 0 Å². The van der Waals surface area contributed by atoms with Crippen LogP contribution in [0.3, 0.4) is 0 Å². The third-order valence-electron chi connectivity index (χ3n) is 6.17. The summed E-state index contributed by atoms with van der Waals surface area (Å²) in [4.78, 5) is 0. The van der Waals surface area contributed by atoms with Crippen molar-refractivity contribution >= 4 is 43.5 Å². The van der Waals surface area contributed by atoms with E-state index in [1.807, 2.05) is 72.8 Å². The summed E-state index contributed by atoms with van der Waals surface area (Å²) in [5.41, 5.74) is 0. The number of rotatable bonds is 6. The van der Waals surface area contributed by atoms with Crippen LogP contribution in [0.4, 0.5) is 4.39 Å². The minimum atomic E-state index is -5.07. The summed E-state index contributed by atoms with van der Waals surface area (Å²) in [6.45, 7) is 0. The van der Waals surface area contributed by atoms with Gasteiger partial charge in [0.05, 0.1) is 0 Å². The fraction of sp³-hybridized carbons (Fsp3) is 0. The van der Waals surface area contributed by atoms with E-state index in [-0.39, 0.29) is 5.02 Å². The van der Waals surface area contributed by atoms with Gasteiger partial charge in [0, 0.05) is 0 Å². The molecule has 0 aliphatic heterocycles. The SMILES string of the molecule is Fc1ccc([O][Sb]([c]2ccccc2)([c]2ccccc2)([c]2ccccc2)[c]2ccccc2)c(Cl)c1. The molecule has 0 radical (unpaired) electrons. The first-order chi connectivity index (χ1) is 16.6. The Bertz CT molecular complexity index is 1220. The van der Waals surface area contributed by atoms with Gasteiger partial charge in [-0.25, -0.2) is 0 Å². The maximum absolute atomic E-state index is 14.0. The molecule has 0 unspecified atom stereocenters. The Hall–Kier alpha value is -3.06. The van der Waals surface area contributed by atoms with Crippen molar-refractivity contribution in [2.45, 2.75) is 0 Å². The van der Waals surface area contributed by atoms with Crippen molar-refractivity contribution in [3.63, 3.8) is 0 Å². The molecule has 0 aliphatic carbocycles. The zero-order chi connectivity index (χ0) is 23.5. The Morgan fingerprint density at radius 1 is 0.500 bits per heavy atom. The molecule has 5 aromatic carbocycles. The molecule has 4 heteroatoms. The predicted molar refractivity (Wildman–Crippen MR) is 142 cm³/mol. The van der Waals surface area contributed by atoms with Crippen LogP contribution < -0.4 is 17.1 Å². The molecule has 0 spiro atoms. The van der Waals surface area contributed by atoms with E-state index in [1.54, 1.807) is 6.07 Å². The molecule has 0 aromatic heterocycles. The standard InChI is InChI=1S/C6H4ClFO.4C6H5.Sb/c7-5-3-4(8)1-2-6(5)9;4*1-2-4-6-5-3-1;/h1-3,9H;4*1-5H;/q;;;;;+1/p-1. The number of halogens is 2. The first-order valence-electron chi connectivity index (χ1n) is 11.0. The van der Waals surface area contributed by atoms with Gasteiger partial charge in [-0.3, -0.25) is 0 Å². The molecule has 34 heavy (non-hydrogen) atoms. The van der Waals surface area contributed by atoms with Gasteiger partial charge in [0.2, 0.25) is 0 Å². The molecule has 1 nitrogen and oxygen atoms in total. The van der Waals surface area contributed by atoms with Gasteiger partial charge >= 0.3 is 207 Å². The van der Waals surface area contributed by atoms with Crippen LogP contribution in [0.5, 0.6) is 5.75 Å². The molecule has 168 valence electrons. The second-order valence-electron chi connectivity index (χ2n) is 8.04. The van der Waals surface area contributed by atoms with Crippen LogP contribution in [0.1, 0.15) is 0 Å². The molecule has 0 saturated heterocycles. The molecular formula is C30H23ClFOSb. The van der Waals surface area contributed by atoms with Gasteiger partial charge in [-0.15, -0.1) is 0 Å². The molecule has 0 amide bonds. The second kappa shape index (κ2) is 9.29. The van der Waals surface area contributed by atoms with E-state index >= 15 is 0 Å². The molecule has 0 N–H and O–H groups in total. The molecule has 0 heterocycles. The first-order valence-corrected chi connectivity index (χ1v) is 17.6. The summed E-state index contributed by atoms with van der Waals surface area (Å²) in [7, 11) is 0. The molecular weight excluding hydrogens is 553 g/mol. The quantitative estimate of drug-likeness (QED) is 0.247. The average Bonchev–Trinajstić information content (AvgIpc) is 2.91. The van der Waals surface area contributed by atoms with E-state index in [9.17, 15) is 4.39 Å². The summed E-state index contributed by atoms with van der Waals surface area (Å²) >= 11 is 1.54. The van der Waals surface area contributed by atoms with Crippen molar-refractivity contribution in [3.05, 3.63) is 150 Å². The van der Waals surface area contributed by atoms with Crippen LogP contribution >= 0.6 is 11.6 Å². The zero-order valence-corrected chi connectivity index (χ0v) is 21.7. The van der Waals surface area contributed by atoms with Crippen LogP contribution in [0, 0.1) is 5.82 Å². The van der Waals surface area contributed by atoms with Crippen LogP contribution in [0.2, 0.25) is 5.02 Å². The molecule has 0 saturated carbocycles. The van der Waals surface area contributed by atoms with E-state index in [0.717, 1.165) is 14.0 Å². The first kappa shape index (κ1) is 22.7. The van der Waals surface area contributed by atoms with E-state index < -0.39 is 23.6 Å². The van der Waals surface area contributed by atoms with Crippen molar-refractivity contribution in [1.82, 2.24) is 0 Å². The second-order valence-corrected chi connectivity index (χ2v) is 20.8. The molecule has 0 atom stereocenters. The van der Waals surface area contributed by atoms with Gasteiger partial charge in [0.1, 0.15) is 0 Å². The van der Waals surface area contributed by atoms with Gasteiger partial charge in [-0.1, -0.05) is 0 Å². The normalized spacial score (nSPS) is 12.5. The van der Waals surface area contributed by atoms with Gasteiger partial charge in [0.25, 0.3) is 0 Å². The summed E-state index contributed by atoms with van der Waals surface area (Å²) in [5.74, 6) is 0.0651. The Kier molecular flexibility index (Phi) is 6.21. The molecule has 0 aliphatic rings. The predicted octanol–water partition coefficient (Wildman–Crippen LogP) is 5.39. The van der Waals surface area contributed by atoms with Gasteiger partial charge in [-0.05, 0) is 0 Å². The zero-order valence-electron chi connectivity index (χ0n) is 18.4. The minimum absolute atomic E-state index is 0.247. The fourth-order valence-electron chi connectivity index (χ4n) is 4.70. The van der Waals surface area contributed by atoms with Crippen molar-refractivity contribution in [3.8, 4) is 5.75 Å². The van der Waals surface area contributed by atoms with E-state index in [2.05, 4.69) is 48.5 Å². The Morgan fingerprint density at radius 2 is 0.853 bits per heavy atom.